The molecule has 0 aromatic heterocycles. The van der Waals surface area contributed by atoms with Crippen LogP contribution in [0.25, 0.3) is 0 Å². The normalized spacial score (nSPS) is 19.4. The predicted octanol–water partition coefficient (Wildman–Crippen LogP) is 2.39. The maximum Gasteiger partial charge on any atom is 0.316 e. The van der Waals surface area contributed by atoms with E-state index in [0.717, 1.165) is 11.1 Å². The smallest absolute Gasteiger partial charge is 0.316 e. The van der Waals surface area contributed by atoms with Crippen molar-refractivity contribution in [2.75, 3.05) is 11.4 Å². The number of halogens is 1. The molecule has 1 aromatic carbocycles. The molecule has 96 valence electrons. The number of carbonyl (C=O) groups excluding carboxylic acids is 1. The summed E-state index contributed by atoms with van der Waals surface area (Å²) in [6, 6.07) is 3.72. The minimum absolute atomic E-state index is 0.331. The van der Waals surface area contributed by atoms with Crippen LogP contribution in [0.5, 0.6) is 0 Å². The molecule has 1 aliphatic heterocycles. The van der Waals surface area contributed by atoms with Crippen LogP contribution in [0.15, 0.2) is 12.1 Å². The number of carbonyl (C=O) groups is 2. The van der Waals surface area contributed by atoms with E-state index in [9.17, 15) is 9.59 Å². The van der Waals surface area contributed by atoms with Crippen LogP contribution in [0, 0.1) is 19.8 Å². The lowest BCUT2D eigenvalue weighted by atomic mass is 10.1. The molecule has 1 fully saturated rings. The van der Waals surface area contributed by atoms with Crippen molar-refractivity contribution in [2.24, 2.45) is 5.92 Å². The van der Waals surface area contributed by atoms with Crippen molar-refractivity contribution < 1.29 is 14.7 Å². The molecule has 18 heavy (non-hydrogen) atoms. The Hall–Kier alpha value is -1.55. The number of benzene rings is 1. The molecule has 4 nitrogen and oxygen atoms in total. The first kappa shape index (κ1) is 12.9. The Kier molecular flexibility index (Phi) is 3.30. The van der Waals surface area contributed by atoms with Crippen molar-refractivity contribution in [3.05, 3.63) is 28.3 Å². The lowest BCUT2D eigenvalue weighted by molar-refractivity contribution is -0.144. The van der Waals surface area contributed by atoms with Crippen molar-refractivity contribution >= 4 is 29.2 Å². The lowest BCUT2D eigenvalue weighted by Crippen LogP contribution is -2.30. The number of aryl methyl sites for hydroxylation is 2. The highest BCUT2D eigenvalue weighted by molar-refractivity contribution is 6.34. The summed E-state index contributed by atoms with van der Waals surface area (Å²) < 4.78 is 0. The van der Waals surface area contributed by atoms with E-state index in [0.29, 0.717) is 23.7 Å². The standard InChI is InChI=1S/C13H14ClNO3/c1-7-5-8(2)11(10(14)6-7)15-4-3-9(12(15)16)13(17)18/h5-6,9H,3-4H2,1-2H3,(H,17,18). The van der Waals surface area contributed by atoms with Gasteiger partial charge < -0.3 is 10.0 Å². The van der Waals surface area contributed by atoms with E-state index in [4.69, 9.17) is 16.7 Å². The molecule has 2 rings (SSSR count). The molecule has 1 heterocycles. The molecule has 1 atom stereocenters. The van der Waals surface area contributed by atoms with Gasteiger partial charge in [-0.3, -0.25) is 9.59 Å². The number of hydrogen-bond donors (Lipinski definition) is 1. The minimum Gasteiger partial charge on any atom is -0.481 e. The summed E-state index contributed by atoms with van der Waals surface area (Å²) in [6.45, 7) is 4.20. The largest absolute Gasteiger partial charge is 0.481 e. The van der Waals surface area contributed by atoms with Gasteiger partial charge in [-0.15, -0.1) is 0 Å². The molecular formula is C13H14ClNO3. The summed E-state index contributed by atoms with van der Waals surface area (Å²) in [6.07, 6.45) is 0.331. The van der Waals surface area contributed by atoms with E-state index in [1.165, 1.54) is 4.90 Å². The van der Waals surface area contributed by atoms with E-state index in [2.05, 4.69) is 0 Å². The Morgan fingerprint density at radius 2 is 2.11 bits per heavy atom. The quantitative estimate of drug-likeness (QED) is 0.837. The van der Waals surface area contributed by atoms with Crippen molar-refractivity contribution in [3.8, 4) is 0 Å². The number of nitrogens with zero attached hydrogens (tertiary/aromatic N) is 1. The van der Waals surface area contributed by atoms with Crippen molar-refractivity contribution in [1.82, 2.24) is 0 Å². The number of aliphatic carboxylic acids is 1. The summed E-state index contributed by atoms with van der Waals surface area (Å²) in [5.41, 5.74) is 2.54. The van der Waals surface area contributed by atoms with Crippen LogP contribution in [-0.2, 0) is 9.59 Å². The second kappa shape index (κ2) is 4.61. The Balaban J connectivity index is 2.40. The van der Waals surface area contributed by atoms with Crippen LogP contribution in [0.3, 0.4) is 0 Å². The first-order valence-electron chi connectivity index (χ1n) is 5.72. The molecule has 1 saturated heterocycles. The molecule has 1 aromatic rings. The topological polar surface area (TPSA) is 57.6 Å². The Morgan fingerprint density at radius 3 is 2.61 bits per heavy atom. The fourth-order valence-corrected chi connectivity index (χ4v) is 2.80. The highest BCUT2D eigenvalue weighted by Gasteiger charge is 2.38. The molecule has 1 amide bonds. The highest BCUT2D eigenvalue weighted by Crippen LogP contribution is 2.35. The third-order valence-corrected chi connectivity index (χ3v) is 3.46. The van der Waals surface area contributed by atoms with E-state index < -0.39 is 11.9 Å². The van der Waals surface area contributed by atoms with Crippen molar-refractivity contribution in [3.63, 3.8) is 0 Å². The SMILES string of the molecule is Cc1cc(C)c(N2CCC(C(=O)O)C2=O)c(Cl)c1. The molecule has 0 aliphatic carbocycles. The molecular weight excluding hydrogens is 254 g/mol. The second-order valence-electron chi connectivity index (χ2n) is 4.58. The highest BCUT2D eigenvalue weighted by atomic mass is 35.5. The van der Waals surface area contributed by atoms with Gasteiger partial charge >= 0.3 is 5.97 Å². The van der Waals surface area contributed by atoms with Gasteiger partial charge in [0.1, 0.15) is 5.92 Å². The zero-order valence-corrected chi connectivity index (χ0v) is 11.0. The van der Waals surface area contributed by atoms with Gasteiger partial charge in [-0.05, 0) is 37.5 Å². The molecule has 1 aliphatic rings. The van der Waals surface area contributed by atoms with Crippen LogP contribution >= 0.6 is 11.6 Å². The van der Waals surface area contributed by atoms with Crippen LogP contribution in [0.4, 0.5) is 5.69 Å². The Morgan fingerprint density at radius 1 is 1.44 bits per heavy atom. The van der Waals surface area contributed by atoms with E-state index in [1.807, 2.05) is 19.9 Å². The second-order valence-corrected chi connectivity index (χ2v) is 4.99. The van der Waals surface area contributed by atoms with E-state index in [-0.39, 0.29) is 5.91 Å². The summed E-state index contributed by atoms with van der Waals surface area (Å²) >= 11 is 6.17. The first-order valence-corrected chi connectivity index (χ1v) is 6.10. The molecule has 5 heteroatoms. The lowest BCUT2D eigenvalue weighted by Gasteiger charge is -2.20. The zero-order chi connectivity index (χ0) is 13.4. The van der Waals surface area contributed by atoms with Gasteiger partial charge in [-0.25, -0.2) is 0 Å². The van der Waals surface area contributed by atoms with Gasteiger partial charge in [0.2, 0.25) is 5.91 Å². The van der Waals surface area contributed by atoms with Crippen LogP contribution < -0.4 is 4.90 Å². The predicted molar refractivity (Wildman–Crippen MR) is 69.0 cm³/mol. The number of amides is 1. The molecule has 1 N–H and O–H groups in total. The average Bonchev–Trinajstić information content (AvgIpc) is 2.59. The van der Waals surface area contributed by atoms with Gasteiger partial charge in [0.15, 0.2) is 0 Å². The Labute approximate surface area is 110 Å². The fourth-order valence-electron chi connectivity index (χ4n) is 2.38. The number of hydrogen-bond acceptors (Lipinski definition) is 2. The molecule has 0 bridgehead atoms. The minimum atomic E-state index is -1.07. The first-order chi connectivity index (χ1) is 8.41. The van der Waals surface area contributed by atoms with Crippen LogP contribution in [0.2, 0.25) is 5.02 Å². The molecule has 1 unspecified atom stereocenters. The third kappa shape index (κ3) is 2.08. The summed E-state index contributed by atoms with van der Waals surface area (Å²) in [5, 5.41) is 9.44. The van der Waals surface area contributed by atoms with Gasteiger partial charge in [-0.2, -0.15) is 0 Å². The van der Waals surface area contributed by atoms with E-state index >= 15 is 0 Å². The maximum atomic E-state index is 12.0. The Bertz CT molecular complexity index is 504. The number of carboxylic acids is 1. The number of rotatable bonds is 2. The number of anilines is 1. The third-order valence-electron chi connectivity index (χ3n) is 3.17. The summed E-state index contributed by atoms with van der Waals surface area (Å²) in [4.78, 5) is 24.4. The molecule has 0 spiro atoms. The average molecular weight is 268 g/mol. The zero-order valence-electron chi connectivity index (χ0n) is 10.2. The van der Waals surface area contributed by atoms with Crippen molar-refractivity contribution in [2.45, 2.75) is 20.3 Å². The van der Waals surface area contributed by atoms with Crippen LogP contribution in [-0.4, -0.2) is 23.5 Å². The molecule has 0 saturated carbocycles. The van der Waals surface area contributed by atoms with E-state index in [1.54, 1.807) is 6.07 Å². The van der Waals surface area contributed by atoms with Gasteiger partial charge in [0.25, 0.3) is 0 Å². The van der Waals surface area contributed by atoms with Crippen LogP contribution in [0.1, 0.15) is 17.5 Å². The summed E-state index contributed by atoms with van der Waals surface area (Å²) in [7, 11) is 0. The van der Waals surface area contributed by atoms with Gasteiger partial charge in [0.05, 0.1) is 10.7 Å². The number of carboxylic acid groups (broad SMARTS) is 1. The van der Waals surface area contributed by atoms with Gasteiger partial charge in [-0.1, -0.05) is 17.7 Å². The summed E-state index contributed by atoms with van der Waals surface area (Å²) in [5.74, 6) is -2.39. The maximum absolute atomic E-state index is 12.0. The monoisotopic (exact) mass is 267 g/mol. The van der Waals surface area contributed by atoms with Gasteiger partial charge in [0, 0.05) is 6.54 Å². The molecule has 0 radical (unpaired) electrons. The van der Waals surface area contributed by atoms with Crippen molar-refractivity contribution in [1.29, 1.82) is 0 Å². The fraction of sp³-hybridized carbons (Fsp3) is 0.385.